The number of rotatable bonds is 10. The first-order chi connectivity index (χ1) is 18.9. The first-order valence-electron chi connectivity index (χ1n) is 12.7. The van der Waals surface area contributed by atoms with Gasteiger partial charge in [-0.1, -0.05) is 72.3 Å². The molecule has 3 aromatic carbocycles. The second kappa shape index (κ2) is 13.9. The predicted molar refractivity (Wildman–Crippen MR) is 148 cm³/mol. The molecule has 3 aromatic rings. The fraction of sp³-hybridized carbons (Fsp3) is 0.300. The molecule has 2 amide bonds. The number of nitrogens with one attached hydrogen (secondary N) is 1. The standard InChI is InChI=1S/C30H31ClN2O6/c1-37-30(36)25-18-23(31)12-13-26(25)32-27(34)19-38-20-28(35)33-16-14-24(15-17-33)39-29(21-8-4-2-5-9-21)22-10-6-3-7-11-22/h2-13,18,24,29H,14-17,19-20H2,1H3,(H,32,34). The summed E-state index contributed by atoms with van der Waals surface area (Å²) in [6, 6.07) is 24.7. The van der Waals surface area contributed by atoms with Crippen molar-refractivity contribution in [3.05, 3.63) is 101 Å². The minimum atomic E-state index is -0.630. The lowest BCUT2D eigenvalue weighted by molar-refractivity contribution is -0.140. The number of methoxy groups -OCH3 is 1. The van der Waals surface area contributed by atoms with Gasteiger partial charge in [0, 0.05) is 18.1 Å². The SMILES string of the molecule is COC(=O)c1cc(Cl)ccc1NC(=O)COCC(=O)N1CCC(OC(c2ccccc2)c2ccccc2)CC1. The van der Waals surface area contributed by atoms with Crippen LogP contribution in [-0.4, -0.2) is 62.2 Å². The molecule has 4 rings (SSSR count). The lowest BCUT2D eigenvalue weighted by Crippen LogP contribution is -2.43. The van der Waals surface area contributed by atoms with Crippen LogP contribution in [0.5, 0.6) is 0 Å². The number of carbonyl (C=O) groups excluding carboxylic acids is 3. The van der Waals surface area contributed by atoms with E-state index in [2.05, 4.69) is 29.6 Å². The van der Waals surface area contributed by atoms with E-state index in [9.17, 15) is 14.4 Å². The Bertz CT molecular complexity index is 1220. The molecule has 0 aromatic heterocycles. The number of ether oxygens (including phenoxy) is 3. The molecule has 1 fully saturated rings. The number of esters is 1. The number of hydrogen-bond acceptors (Lipinski definition) is 6. The van der Waals surface area contributed by atoms with Gasteiger partial charge in [-0.15, -0.1) is 0 Å². The third-order valence-electron chi connectivity index (χ3n) is 6.45. The maximum absolute atomic E-state index is 12.7. The predicted octanol–water partition coefficient (Wildman–Crippen LogP) is 4.88. The number of nitrogens with zero attached hydrogens (tertiary/aromatic N) is 1. The van der Waals surface area contributed by atoms with Crippen molar-refractivity contribution in [3.63, 3.8) is 0 Å². The van der Waals surface area contributed by atoms with E-state index < -0.39 is 11.9 Å². The number of likely N-dealkylation sites (tertiary alicyclic amines) is 1. The van der Waals surface area contributed by atoms with Gasteiger partial charge in [-0.3, -0.25) is 9.59 Å². The third kappa shape index (κ3) is 7.89. The van der Waals surface area contributed by atoms with Crippen LogP contribution in [0.25, 0.3) is 0 Å². The summed E-state index contributed by atoms with van der Waals surface area (Å²) in [4.78, 5) is 38.7. The van der Waals surface area contributed by atoms with E-state index in [-0.39, 0.29) is 42.6 Å². The van der Waals surface area contributed by atoms with E-state index in [1.807, 2.05) is 36.4 Å². The molecule has 1 heterocycles. The molecule has 0 saturated carbocycles. The van der Waals surface area contributed by atoms with Crippen LogP contribution >= 0.6 is 11.6 Å². The van der Waals surface area contributed by atoms with Crippen molar-refractivity contribution in [3.8, 4) is 0 Å². The first-order valence-corrected chi connectivity index (χ1v) is 13.1. The summed E-state index contributed by atoms with van der Waals surface area (Å²) in [5, 5.41) is 2.93. The van der Waals surface area contributed by atoms with Gasteiger partial charge in [0.1, 0.15) is 19.3 Å². The fourth-order valence-electron chi connectivity index (χ4n) is 4.45. The summed E-state index contributed by atoms with van der Waals surface area (Å²) in [6.07, 6.45) is 1.24. The number of anilines is 1. The summed E-state index contributed by atoms with van der Waals surface area (Å²) >= 11 is 5.94. The Morgan fingerprint density at radius 3 is 2.13 bits per heavy atom. The Hall–Kier alpha value is -3.72. The number of benzene rings is 3. The molecule has 0 unspecified atom stereocenters. The van der Waals surface area contributed by atoms with Crippen LogP contribution in [0.15, 0.2) is 78.9 Å². The summed E-state index contributed by atoms with van der Waals surface area (Å²) in [7, 11) is 1.24. The van der Waals surface area contributed by atoms with Crippen molar-refractivity contribution < 1.29 is 28.6 Å². The molecule has 0 aliphatic carbocycles. The molecule has 1 aliphatic heterocycles. The zero-order valence-corrected chi connectivity index (χ0v) is 22.4. The van der Waals surface area contributed by atoms with Crippen LogP contribution in [0.4, 0.5) is 5.69 Å². The topological polar surface area (TPSA) is 94.2 Å². The summed E-state index contributed by atoms with van der Waals surface area (Å²) in [5.41, 5.74) is 2.55. The summed E-state index contributed by atoms with van der Waals surface area (Å²) in [6.45, 7) is 0.524. The van der Waals surface area contributed by atoms with Crippen molar-refractivity contribution in [1.82, 2.24) is 4.90 Å². The van der Waals surface area contributed by atoms with Crippen LogP contribution in [0.1, 0.15) is 40.4 Å². The molecule has 0 bridgehead atoms. The van der Waals surface area contributed by atoms with E-state index in [1.54, 1.807) is 11.0 Å². The summed E-state index contributed by atoms with van der Waals surface area (Å²) in [5.74, 6) is -1.32. The average molecular weight is 551 g/mol. The zero-order valence-electron chi connectivity index (χ0n) is 21.7. The molecule has 1 N–H and O–H groups in total. The number of halogens is 1. The van der Waals surface area contributed by atoms with Crippen molar-refractivity contribution in [2.75, 3.05) is 38.7 Å². The van der Waals surface area contributed by atoms with Crippen molar-refractivity contribution in [2.45, 2.75) is 25.0 Å². The first kappa shape index (κ1) is 28.3. The van der Waals surface area contributed by atoms with Gasteiger partial charge in [-0.05, 0) is 42.2 Å². The molecule has 8 nitrogen and oxygen atoms in total. The van der Waals surface area contributed by atoms with Gasteiger partial charge in [0.05, 0.1) is 24.5 Å². The Balaban J connectivity index is 1.24. The van der Waals surface area contributed by atoms with Crippen LogP contribution in [0, 0.1) is 0 Å². The molecule has 204 valence electrons. The molecular weight excluding hydrogens is 520 g/mol. The van der Waals surface area contributed by atoms with Gasteiger partial charge in [0.2, 0.25) is 11.8 Å². The van der Waals surface area contributed by atoms with Crippen molar-refractivity contribution in [2.24, 2.45) is 0 Å². The van der Waals surface area contributed by atoms with Gasteiger partial charge in [-0.25, -0.2) is 4.79 Å². The number of hydrogen-bond donors (Lipinski definition) is 1. The summed E-state index contributed by atoms with van der Waals surface area (Å²) < 4.78 is 16.6. The van der Waals surface area contributed by atoms with Gasteiger partial charge in [-0.2, -0.15) is 0 Å². The van der Waals surface area contributed by atoms with Crippen LogP contribution in [0.2, 0.25) is 5.02 Å². The van der Waals surface area contributed by atoms with Gasteiger partial charge >= 0.3 is 5.97 Å². The number of amides is 2. The highest BCUT2D eigenvalue weighted by Crippen LogP contribution is 2.30. The van der Waals surface area contributed by atoms with Crippen molar-refractivity contribution >= 4 is 35.1 Å². The molecule has 0 radical (unpaired) electrons. The monoisotopic (exact) mass is 550 g/mol. The maximum Gasteiger partial charge on any atom is 0.340 e. The lowest BCUT2D eigenvalue weighted by Gasteiger charge is -2.34. The maximum atomic E-state index is 12.7. The zero-order chi connectivity index (χ0) is 27.6. The Morgan fingerprint density at radius 2 is 1.54 bits per heavy atom. The molecule has 39 heavy (non-hydrogen) atoms. The Kier molecular flexibility index (Phi) is 10.1. The van der Waals surface area contributed by atoms with E-state index >= 15 is 0 Å². The second-order valence-corrected chi connectivity index (χ2v) is 9.58. The lowest BCUT2D eigenvalue weighted by atomic mass is 10.00. The smallest absolute Gasteiger partial charge is 0.340 e. The molecule has 1 aliphatic rings. The van der Waals surface area contributed by atoms with Crippen LogP contribution < -0.4 is 5.32 Å². The van der Waals surface area contributed by atoms with Crippen LogP contribution in [-0.2, 0) is 23.8 Å². The highest BCUT2D eigenvalue weighted by Gasteiger charge is 2.27. The minimum absolute atomic E-state index is 0.00883. The quantitative estimate of drug-likeness (QED) is 0.362. The highest BCUT2D eigenvalue weighted by molar-refractivity contribution is 6.31. The second-order valence-electron chi connectivity index (χ2n) is 9.14. The number of piperidine rings is 1. The molecule has 1 saturated heterocycles. The molecule has 0 atom stereocenters. The van der Waals surface area contributed by atoms with Crippen molar-refractivity contribution in [1.29, 1.82) is 0 Å². The minimum Gasteiger partial charge on any atom is -0.465 e. The highest BCUT2D eigenvalue weighted by atomic mass is 35.5. The molecule has 9 heteroatoms. The Labute approximate surface area is 232 Å². The molecular formula is C30H31ClN2O6. The van der Waals surface area contributed by atoms with Gasteiger partial charge < -0.3 is 24.4 Å². The average Bonchev–Trinajstić information content (AvgIpc) is 2.97. The van der Waals surface area contributed by atoms with E-state index in [1.165, 1.54) is 19.2 Å². The Morgan fingerprint density at radius 1 is 0.923 bits per heavy atom. The third-order valence-corrected chi connectivity index (χ3v) is 6.68. The van der Waals surface area contributed by atoms with Gasteiger partial charge in [0.25, 0.3) is 0 Å². The fourth-order valence-corrected chi connectivity index (χ4v) is 4.62. The number of carbonyl (C=O) groups is 3. The molecule has 0 spiro atoms. The van der Waals surface area contributed by atoms with Gasteiger partial charge in [0.15, 0.2) is 0 Å². The van der Waals surface area contributed by atoms with E-state index in [0.29, 0.717) is 31.0 Å². The van der Waals surface area contributed by atoms with Crippen LogP contribution in [0.3, 0.4) is 0 Å². The van der Waals surface area contributed by atoms with E-state index in [0.717, 1.165) is 11.1 Å². The van der Waals surface area contributed by atoms with E-state index in [4.69, 9.17) is 25.8 Å². The largest absolute Gasteiger partial charge is 0.465 e. The normalized spacial score (nSPS) is 13.8.